The molecule has 0 aliphatic heterocycles. The number of carbonyl (C=O) groups excluding carboxylic acids is 1. The first kappa shape index (κ1) is 11.2. The van der Waals surface area contributed by atoms with E-state index in [0.717, 1.165) is 12.2 Å². The molecular formula is C7H14O2S2. The highest BCUT2D eigenvalue weighted by molar-refractivity contribution is 8.76. The summed E-state index contributed by atoms with van der Waals surface area (Å²) in [6.07, 6.45) is 1.15. The summed E-state index contributed by atoms with van der Waals surface area (Å²) in [6.45, 7) is 4.43. The molecule has 0 heterocycles. The Morgan fingerprint density at radius 3 is 2.64 bits per heavy atom. The molecule has 0 aromatic heterocycles. The molecule has 0 unspecified atom stereocenters. The maximum absolute atomic E-state index is 10.7. The highest BCUT2D eigenvalue weighted by Gasteiger charge is 2.00. The predicted molar refractivity (Wildman–Crippen MR) is 51.8 cm³/mol. The van der Waals surface area contributed by atoms with E-state index in [2.05, 4.69) is 6.92 Å². The predicted octanol–water partition coefficient (Wildman–Crippen LogP) is 2.34. The first-order valence-corrected chi connectivity index (χ1v) is 6.20. The monoisotopic (exact) mass is 194 g/mol. The second-order valence-corrected chi connectivity index (χ2v) is 4.47. The van der Waals surface area contributed by atoms with Crippen LogP contribution in [0.3, 0.4) is 0 Å². The second kappa shape index (κ2) is 8.27. The third-order valence-electron chi connectivity index (χ3n) is 0.853. The molecule has 0 aliphatic rings. The zero-order valence-corrected chi connectivity index (χ0v) is 8.59. The van der Waals surface area contributed by atoms with Gasteiger partial charge in [-0.05, 0) is 13.3 Å². The molecule has 4 heteroatoms. The van der Waals surface area contributed by atoms with Crippen molar-refractivity contribution in [2.75, 3.05) is 18.1 Å². The van der Waals surface area contributed by atoms with Gasteiger partial charge in [-0.3, -0.25) is 4.79 Å². The first-order chi connectivity index (χ1) is 5.31. The quantitative estimate of drug-likeness (QED) is 0.368. The maximum atomic E-state index is 10.7. The fraction of sp³-hybridized carbons (Fsp3) is 0.857. The molecule has 0 amide bonds. The fourth-order valence-corrected chi connectivity index (χ4v) is 2.37. The van der Waals surface area contributed by atoms with Gasteiger partial charge in [-0.25, -0.2) is 0 Å². The van der Waals surface area contributed by atoms with Gasteiger partial charge in [0.1, 0.15) is 5.75 Å². The van der Waals surface area contributed by atoms with Gasteiger partial charge in [-0.1, -0.05) is 28.5 Å². The summed E-state index contributed by atoms with van der Waals surface area (Å²) in [4.78, 5) is 10.7. The summed E-state index contributed by atoms with van der Waals surface area (Å²) in [6, 6.07) is 0. The summed E-state index contributed by atoms with van der Waals surface area (Å²) >= 11 is 0. The van der Waals surface area contributed by atoms with Crippen LogP contribution in [0.2, 0.25) is 0 Å². The van der Waals surface area contributed by atoms with Crippen LogP contribution in [-0.2, 0) is 9.53 Å². The van der Waals surface area contributed by atoms with Crippen LogP contribution in [0.25, 0.3) is 0 Å². The molecule has 0 aromatic rings. The van der Waals surface area contributed by atoms with Crippen molar-refractivity contribution >= 4 is 27.6 Å². The second-order valence-electron chi connectivity index (χ2n) is 1.89. The molecule has 0 rings (SSSR count). The molecule has 0 aliphatic carbocycles. The topological polar surface area (TPSA) is 26.3 Å². The summed E-state index contributed by atoms with van der Waals surface area (Å²) < 4.78 is 4.75. The zero-order valence-electron chi connectivity index (χ0n) is 6.96. The van der Waals surface area contributed by atoms with Crippen LogP contribution in [0.1, 0.15) is 20.3 Å². The number of esters is 1. The third-order valence-corrected chi connectivity index (χ3v) is 3.30. The van der Waals surface area contributed by atoms with Crippen LogP contribution in [0.15, 0.2) is 0 Å². The van der Waals surface area contributed by atoms with Gasteiger partial charge in [-0.15, -0.1) is 0 Å². The van der Waals surface area contributed by atoms with E-state index in [1.807, 2.05) is 6.92 Å². The molecule has 0 bridgehead atoms. The number of carbonyl (C=O) groups is 1. The molecule has 66 valence electrons. The van der Waals surface area contributed by atoms with Crippen LogP contribution in [0.5, 0.6) is 0 Å². The van der Waals surface area contributed by atoms with Crippen molar-refractivity contribution in [2.45, 2.75) is 20.3 Å². The van der Waals surface area contributed by atoms with E-state index in [-0.39, 0.29) is 5.97 Å². The molecule has 0 radical (unpaired) electrons. The minimum absolute atomic E-state index is 0.110. The molecule has 0 N–H and O–H groups in total. The Kier molecular flexibility index (Phi) is 8.40. The van der Waals surface area contributed by atoms with Crippen molar-refractivity contribution < 1.29 is 9.53 Å². The average molecular weight is 194 g/mol. The van der Waals surface area contributed by atoms with Gasteiger partial charge in [0.05, 0.1) is 6.61 Å². The number of rotatable bonds is 6. The lowest BCUT2D eigenvalue weighted by molar-refractivity contribution is -0.139. The van der Waals surface area contributed by atoms with Gasteiger partial charge in [0.25, 0.3) is 0 Å². The highest BCUT2D eigenvalue weighted by Crippen LogP contribution is 2.21. The van der Waals surface area contributed by atoms with Crippen molar-refractivity contribution in [1.29, 1.82) is 0 Å². The number of ether oxygens (including phenoxy) is 1. The minimum Gasteiger partial charge on any atom is -0.465 e. The highest BCUT2D eigenvalue weighted by atomic mass is 33.1. The van der Waals surface area contributed by atoms with Gasteiger partial charge >= 0.3 is 5.97 Å². The van der Waals surface area contributed by atoms with E-state index in [0.29, 0.717) is 12.4 Å². The molecule has 11 heavy (non-hydrogen) atoms. The molecule has 2 nitrogen and oxygen atoms in total. The van der Waals surface area contributed by atoms with E-state index >= 15 is 0 Å². The third kappa shape index (κ3) is 8.07. The van der Waals surface area contributed by atoms with Gasteiger partial charge in [0.15, 0.2) is 0 Å². The lowest BCUT2D eigenvalue weighted by Crippen LogP contribution is -2.05. The zero-order chi connectivity index (χ0) is 8.53. The Bertz CT molecular complexity index is 107. The molecule has 0 fully saturated rings. The smallest absolute Gasteiger partial charge is 0.316 e. The Morgan fingerprint density at radius 1 is 1.36 bits per heavy atom. The number of hydrogen-bond donors (Lipinski definition) is 0. The van der Waals surface area contributed by atoms with Crippen molar-refractivity contribution in [3.8, 4) is 0 Å². The molecule has 0 saturated heterocycles. The van der Waals surface area contributed by atoms with Crippen LogP contribution in [0, 0.1) is 0 Å². The normalized spacial score (nSPS) is 9.64. The summed E-state index contributed by atoms with van der Waals surface area (Å²) in [5, 5.41) is 0. The summed E-state index contributed by atoms with van der Waals surface area (Å²) in [5.74, 6) is 1.46. The fourth-order valence-electron chi connectivity index (χ4n) is 0.435. The van der Waals surface area contributed by atoms with E-state index in [9.17, 15) is 4.79 Å². The van der Waals surface area contributed by atoms with E-state index < -0.39 is 0 Å². The SMILES string of the molecule is CCCSSCC(=O)OCC. The van der Waals surface area contributed by atoms with E-state index in [4.69, 9.17) is 4.74 Å². The van der Waals surface area contributed by atoms with Crippen molar-refractivity contribution in [1.82, 2.24) is 0 Å². The van der Waals surface area contributed by atoms with Crippen LogP contribution in [-0.4, -0.2) is 24.1 Å². The van der Waals surface area contributed by atoms with Crippen molar-refractivity contribution in [2.24, 2.45) is 0 Å². The van der Waals surface area contributed by atoms with Crippen molar-refractivity contribution in [3.05, 3.63) is 0 Å². The van der Waals surface area contributed by atoms with Crippen molar-refractivity contribution in [3.63, 3.8) is 0 Å². The Morgan fingerprint density at radius 2 is 2.09 bits per heavy atom. The molecule has 0 aromatic carbocycles. The Hall–Kier alpha value is 0.170. The van der Waals surface area contributed by atoms with Gasteiger partial charge < -0.3 is 4.74 Å². The van der Waals surface area contributed by atoms with Gasteiger partial charge in [0, 0.05) is 5.75 Å². The Balaban J connectivity index is 3.04. The summed E-state index contributed by atoms with van der Waals surface area (Å²) in [5.41, 5.74) is 0. The molecule has 0 atom stereocenters. The average Bonchev–Trinajstić information content (AvgIpc) is 1.99. The van der Waals surface area contributed by atoms with Crippen LogP contribution < -0.4 is 0 Å². The Labute approximate surface area is 75.9 Å². The van der Waals surface area contributed by atoms with E-state index in [1.165, 1.54) is 0 Å². The molecular weight excluding hydrogens is 180 g/mol. The molecule has 0 spiro atoms. The minimum atomic E-state index is -0.110. The maximum Gasteiger partial charge on any atom is 0.316 e. The lowest BCUT2D eigenvalue weighted by atomic mass is 10.6. The van der Waals surface area contributed by atoms with Crippen LogP contribution >= 0.6 is 21.6 Å². The van der Waals surface area contributed by atoms with E-state index in [1.54, 1.807) is 21.6 Å². The standard InChI is InChI=1S/C7H14O2S2/c1-3-5-10-11-6-7(8)9-4-2/h3-6H2,1-2H3. The number of hydrogen-bond acceptors (Lipinski definition) is 4. The largest absolute Gasteiger partial charge is 0.465 e. The van der Waals surface area contributed by atoms with Crippen LogP contribution in [0.4, 0.5) is 0 Å². The molecule has 0 saturated carbocycles. The van der Waals surface area contributed by atoms with Gasteiger partial charge in [0.2, 0.25) is 0 Å². The lowest BCUT2D eigenvalue weighted by Gasteiger charge is -1.99. The first-order valence-electron chi connectivity index (χ1n) is 3.71. The summed E-state index contributed by atoms with van der Waals surface area (Å²) in [7, 11) is 3.29. The van der Waals surface area contributed by atoms with Gasteiger partial charge in [-0.2, -0.15) is 0 Å².